The maximum Gasteiger partial charge on any atom is 0.261 e. The molecule has 0 bridgehead atoms. The van der Waals surface area contributed by atoms with Crippen LogP contribution in [0.4, 0.5) is 0 Å². The van der Waals surface area contributed by atoms with Crippen LogP contribution in [0.25, 0.3) is 0 Å². The van der Waals surface area contributed by atoms with E-state index in [-0.39, 0.29) is 5.04 Å². The zero-order valence-corrected chi connectivity index (χ0v) is 19.6. The van der Waals surface area contributed by atoms with Gasteiger partial charge in [-0.15, -0.1) is 0 Å². The number of hydrogen-bond acceptors (Lipinski definition) is 2. The van der Waals surface area contributed by atoms with E-state index in [0.717, 1.165) is 18.4 Å². The van der Waals surface area contributed by atoms with Crippen LogP contribution in [-0.4, -0.2) is 26.1 Å². The molecule has 0 aromatic heterocycles. The first-order chi connectivity index (χ1) is 13.8. The lowest BCUT2D eigenvalue weighted by Crippen LogP contribution is -2.66. The summed E-state index contributed by atoms with van der Waals surface area (Å²) in [5, 5.41) is 12.7. The van der Waals surface area contributed by atoms with Gasteiger partial charge in [-0.05, 0) is 47.7 Å². The number of allylic oxidation sites excluding steroid dienone is 2. The fourth-order valence-corrected chi connectivity index (χ4v) is 8.34. The Kier molecular flexibility index (Phi) is 8.63. The van der Waals surface area contributed by atoms with Gasteiger partial charge in [0.1, 0.15) is 0 Å². The summed E-state index contributed by atoms with van der Waals surface area (Å²) < 4.78 is 6.87. The van der Waals surface area contributed by atoms with Crippen LogP contribution in [0.3, 0.4) is 0 Å². The van der Waals surface area contributed by atoms with Crippen LogP contribution in [0, 0.1) is 0 Å². The van der Waals surface area contributed by atoms with Crippen molar-refractivity contribution in [2.75, 3.05) is 6.61 Å². The number of rotatable bonds is 9. The Bertz CT molecular complexity index is 749. The summed E-state index contributed by atoms with van der Waals surface area (Å²) in [6.45, 7) is 11.5. The normalized spacial score (nSPS) is 14.3. The number of hydrogen-bond donors (Lipinski definition) is 1. The zero-order chi connectivity index (χ0) is 21.3. The van der Waals surface area contributed by atoms with E-state index in [1.165, 1.54) is 10.4 Å². The van der Waals surface area contributed by atoms with Gasteiger partial charge in [0.2, 0.25) is 0 Å². The van der Waals surface area contributed by atoms with Gasteiger partial charge in [0.15, 0.2) is 0 Å². The van der Waals surface area contributed by atoms with Crippen molar-refractivity contribution in [3.63, 3.8) is 0 Å². The Hall–Kier alpha value is -1.94. The minimum Gasteiger partial charge on any atom is -0.407 e. The van der Waals surface area contributed by atoms with E-state index < -0.39 is 14.4 Å². The Morgan fingerprint density at radius 1 is 1.00 bits per heavy atom. The van der Waals surface area contributed by atoms with Crippen molar-refractivity contribution in [2.45, 2.75) is 58.6 Å². The molecule has 0 spiro atoms. The summed E-state index contributed by atoms with van der Waals surface area (Å²) in [6.07, 6.45) is 7.22. The topological polar surface area (TPSA) is 29.5 Å². The highest BCUT2D eigenvalue weighted by Gasteiger charge is 2.49. The summed E-state index contributed by atoms with van der Waals surface area (Å²) >= 11 is 0. The van der Waals surface area contributed by atoms with E-state index in [1.807, 2.05) is 26.0 Å². The smallest absolute Gasteiger partial charge is 0.261 e. The molecule has 1 atom stereocenters. The largest absolute Gasteiger partial charge is 0.407 e. The fraction of sp³-hybridized carbons (Fsp3) is 0.385. The van der Waals surface area contributed by atoms with Gasteiger partial charge >= 0.3 is 0 Å². The van der Waals surface area contributed by atoms with Crippen LogP contribution in [-0.2, 0) is 4.43 Å². The molecule has 2 aromatic carbocycles. The Balaban J connectivity index is 2.20. The first-order valence-corrected chi connectivity index (χ1v) is 12.5. The van der Waals surface area contributed by atoms with Crippen LogP contribution in [0.15, 0.2) is 84.5 Å². The molecule has 0 amide bonds. The predicted octanol–water partition coefficient (Wildman–Crippen LogP) is 5.23. The van der Waals surface area contributed by atoms with E-state index in [1.54, 1.807) is 0 Å². The molecule has 0 aliphatic carbocycles. The molecule has 1 unspecified atom stereocenters. The van der Waals surface area contributed by atoms with Crippen molar-refractivity contribution in [3.8, 4) is 0 Å². The maximum absolute atomic E-state index is 10.0. The SMILES string of the molecule is C/C=C(\C)C(O)/C=C/CCCO[Si](c1ccccc1)(c1ccccc1)C(C)(C)C. The van der Waals surface area contributed by atoms with E-state index in [0.29, 0.717) is 6.61 Å². The second-order valence-electron chi connectivity index (χ2n) is 8.56. The third kappa shape index (κ3) is 5.78. The Morgan fingerprint density at radius 3 is 1.97 bits per heavy atom. The van der Waals surface area contributed by atoms with Crippen LogP contribution in [0.2, 0.25) is 5.04 Å². The van der Waals surface area contributed by atoms with Crippen molar-refractivity contribution in [2.24, 2.45) is 0 Å². The maximum atomic E-state index is 10.0. The fourth-order valence-electron chi connectivity index (χ4n) is 3.74. The molecule has 2 rings (SSSR count). The van der Waals surface area contributed by atoms with E-state index in [9.17, 15) is 5.11 Å². The second kappa shape index (κ2) is 10.7. The number of aliphatic hydroxyl groups is 1. The monoisotopic (exact) mass is 408 g/mol. The summed E-state index contributed by atoms with van der Waals surface area (Å²) in [5.41, 5.74) is 0.977. The molecule has 2 nitrogen and oxygen atoms in total. The average molecular weight is 409 g/mol. The zero-order valence-electron chi connectivity index (χ0n) is 18.6. The molecule has 0 fully saturated rings. The first-order valence-electron chi connectivity index (χ1n) is 10.6. The third-order valence-corrected chi connectivity index (χ3v) is 10.5. The van der Waals surface area contributed by atoms with E-state index >= 15 is 0 Å². The van der Waals surface area contributed by atoms with Gasteiger partial charge in [0.25, 0.3) is 8.32 Å². The molecule has 0 heterocycles. The highest BCUT2D eigenvalue weighted by Crippen LogP contribution is 2.36. The molecule has 2 aromatic rings. The van der Waals surface area contributed by atoms with Crippen molar-refractivity contribution < 1.29 is 9.53 Å². The number of unbranched alkanes of at least 4 members (excludes halogenated alkanes) is 1. The van der Waals surface area contributed by atoms with Gasteiger partial charge in [0, 0.05) is 6.61 Å². The van der Waals surface area contributed by atoms with Crippen molar-refractivity contribution in [3.05, 3.63) is 84.5 Å². The lowest BCUT2D eigenvalue weighted by molar-refractivity contribution is 0.258. The summed E-state index contributed by atoms with van der Waals surface area (Å²) in [7, 11) is -2.44. The minimum atomic E-state index is -2.44. The molecule has 0 aliphatic heterocycles. The van der Waals surface area contributed by atoms with Gasteiger partial charge in [-0.2, -0.15) is 0 Å². The summed E-state index contributed by atoms with van der Waals surface area (Å²) in [6, 6.07) is 21.5. The third-order valence-electron chi connectivity index (χ3n) is 5.49. The lowest BCUT2D eigenvalue weighted by Gasteiger charge is -2.43. The minimum absolute atomic E-state index is 0.00473. The van der Waals surface area contributed by atoms with E-state index in [2.05, 4.69) is 87.5 Å². The number of benzene rings is 2. The molecule has 3 heteroatoms. The summed E-state index contributed by atoms with van der Waals surface area (Å²) in [4.78, 5) is 0. The molecule has 1 N–H and O–H groups in total. The molecule has 0 radical (unpaired) electrons. The van der Waals surface area contributed by atoms with Gasteiger partial charge in [0.05, 0.1) is 6.10 Å². The van der Waals surface area contributed by atoms with Crippen molar-refractivity contribution in [1.82, 2.24) is 0 Å². The highest BCUT2D eigenvalue weighted by molar-refractivity contribution is 6.99. The quantitative estimate of drug-likeness (QED) is 0.350. The molecule has 0 saturated heterocycles. The average Bonchev–Trinajstić information content (AvgIpc) is 2.73. The van der Waals surface area contributed by atoms with Gasteiger partial charge in [-0.3, -0.25) is 0 Å². The van der Waals surface area contributed by atoms with Crippen molar-refractivity contribution >= 4 is 18.7 Å². The second-order valence-corrected chi connectivity index (χ2v) is 12.9. The van der Waals surface area contributed by atoms with Crippen LogP contribution >= 0.6 is 0 Å². The highest BCUT2D eigenvalue weighted by atomic mass is 28.4. The van der Waals surface area contributed by atoms with Gasteiger partial charge in [-0.25, -0.2) is 0 Å². The lowest BCUT2D eigenvalue weighted by atomic mass is 10.1. The van der Waals surface area contributed by atoms with Gasteiger partial charge in [-0.1, -0.05) is 99.7 Å². The predicted molar refractivity (Wildman–Crippen MR) is 127 cm³/mol. The van der Waals surface area contributed by atoms with Gasteiger partial charge < -0.3 is 9.53 Å². The standard InChI is InChI=1S/C26H36O2Si/c1-6-22(2)25(27)20-14-9-15-21-28-29(26(3,4)5,23-16-10-7-11-17-23)24-18-12-8-13-19-24/h6-8,10-14,16-20,25,27H,9,15,21H2,1-5H3/b20-14+,22-6+. The van der Waals surface area contributed by atoms with Crippen LogP contribution in [0.1, 0.15) is 47.5 Å². The first kappa shape index (κ1) is 23.3. The number of aliphatic hydroxyl groups excluding tert-OH is 1. The summed E-state index contributed by atoms with van der Waals surface area (Å²) in [5.74, 6) is 0. The van der Waals surface area contributed by atoms with Crippen LogP contribution in [0.5, 0.6) is 0 Å². The molecule has 0 saturated carbocycles. The Labute approximate surface area is 178 Å². The Morgan fingerprint density at radius 2 is 1.52 bits per heavy atom. The molecule has 156 valence electrons. The molecule has 0 aliphatic rings. The van der Waals surface area contributed by atoms with E-state index in [4.69, 9.17) is 4.43 Å². The molecular weight excluding hydrogens is 372 g/mol. The molecular formula is C26H36O2Si. The molecule has 29 heavy (non-hydrogen) atoms. The van der Waals surface area contributed by atoms with Crippen molar-refractivity contribution in [1.29, 1.82) is 0 Å². The van der Waals surface area contributed by atoms with Crippen LogP contribution < -0.4 is 10.4 Å².